The highest BCUT2D eigenvalue weighted by atomic mass is 79.9. The van der Waals surface area contributed by atoms with E-state index in [2.05, 4.69) is 39.1 Å². The highest BCUT2D eigenvalue weighted by molar-refractivity contribution is 9.11. The number of aromatic amines is 1. The number of hydrogen-bond acceptors (Lipinski definition) is 2. The Balaban J connectivity index is 2.75. The third-order valence-electron chi connectivity index (χ3n) is 1.41. The number of aromatic nitrogens is 2. The molecule has 0 fully saturated rings. The molecule has 13 heavy (non-hydrogen) atoms. The molecule has 1 rings (SSSR count). The lowest BCUT2D eigenvalue weighted by molar-refractivity contribution is 1.31. The fourth-order valence-corrected chi connectivity index (χ4v) is 0.913. The lowest BCUT2D eigenvalue weighted by Gasteiger charge is -1.93. The van der Waals surface area contributed by atoms with Crippen LogP contribution >= 0.6 is 15.9 Å². The van der Waals surface area contributed by atoms with Crippen molar-refractivity contribution in [1.29, 1.82) is 0 Å². The number of halogens is 1. The lowest BCUT2D eigenvalue weighted by atomic mass is 10.2. The summed E-state index contributed by atoms with van der Waals surface area (Å²) in [5.41, 5.74) is 7.03. The van der Waals surface area contributed by atoms with Gasteiger partial charge in [0.2, 0.25) is 0 Å². The van der Waals surface area contributed by atoms with E-state index >= 15 is 0 Å². The molecule has 0 aliphatic rings. The van der Waals surface area contributed by atoms with Crippen LogP contribution in [0.4, 0.5) is 5.95 Å². The average Bonchev–Trinajstić information content (AvgIpc) is 2.47. The molecule has 0 unspecified atom stereocenters. The normalized spacial score (nSPS) is 10.5. The summed E-state index contributed by atoms with van der Waals surface area (Å²) in [6, 6.07) is 0. The zero-order valence-electron chi connectivity index (χ0n) is 7.05. The molecule has 0 radical (unpaired) electrons. The highest BCUT2D eigenvalue weighted by Gasteiger charge is 1.97. The number of imidazole rings is 1. The van der Waals surface area contributed by atoms with Gasteiger partial charge >= 0.3 is 0 Å². The van der Waals surface area contributed by atoms with Gasteiger partial charge in [-0.2, -0.15) is 0 Å². The summed E-state index contributed by atoms with van der Waals surface area (Å²) in [5, 5.41) is 0. The van der Waals surface area contributed by atoms with E-state index in [0.717, 1.165) is 15.7 Å². The zero-order chi connectivity index (χ0) is 9.84. The number of allylic oxidation sites excluding steroid dienone is 4. The van der Waals surface area contributed by atoms with Crippen LogP contribution in [0.2, 0.25) is 0 Å². The standard InChI is InChI=1S/C9H10BrN3/c1-6(3-4-7(2)10)8-5-12-9(11)13-8/h3-5H,1-2H2,(H3,11,12,13)/b4-3-. The van der Waals surface area contributed by atoms with Gasteiger partial charge in [0.05, 0.1) is 11.9 Å². The Morgan fingerprint density at radius 2 is 2.23 bits per heavy atom. The Morgan fingerprint density at radius 1 is 1.54 bits per heavy atom. The van der Waals surface area contributed by atoms with Crippen LogP contribution in [0, 0.1) is 0 Å². The van der Waals surface area contributed by atoms with Crippen molar-refractivity contribution in [3.63, 3.8) is 0 Å². The minimum absolute atomic E-state index is 0.391. The van der Waals surface area contributed by atoms with Crippen LogP contribution in [-0.4, -0.2) is 9.97 Å². The maximum atomic E-state index is 5.41. The quantitative estimate of drug-likeness (QED) is 0.797. The molecule has 3 nitrogen and oxygen atoms in total. The Labute approximate surface area is 85.2 Å². The molecule has 0 amide bonds. The largest absolute Gasteiger partial charge is 0.369 e. The fraction of sp³-hybridized carbons (Fsp3) is 0. The van der Waals surface area contributed by atoms with Gasteiger partial charge in [0.25, 0.3) is 0 Å². The minimum atomic E-state index is 0.391. The zero-order valence-corrected chi connectivity index (χ0v) is 8.63. The molecule has 0 bridgehead atoms. The molecule has 0 spiro atoms. The minimum Gasteiger partial charge on any atom is -0.369 e. The van der Waals surface area contributed by atoms with Crippen molar-refractivity contribution in [2.75, 3.05) is 5.73 Å². The Kier molecular flexibility index (Phi) is 3.08. The van der Waals surface area contributed by atoms with Crippen molar-refractivity contribution in [3.05, 3.63) is 41.7 Å². The molecule has 0 aliphatic carbocycles. The van der Waals surface area contributed by atoms with Gasteiger partial charge in [-0.25, -0.2) is 4.98 Å². The first-order valence-corrected chi connectivity index (χ1v) is 4.41. The summed E-state index contributed by atoms with van der Waals surface area (Å²) in [5.74, 6) is 0.391. The SMILES string of the molecule is C=C(Br)/C=C\C(=C)c1cnc(N)[nH]1. The van der Waals surface area contributed by atoms with E-state index in [1.165, 1.54) is 0 Å². The molecule has 0 saturated carbocycles. The van der Waals surface area contributed by atoms with Crippen molar-refractivity contribution in [1.82, 2.24) is 9.97 Å². The first-order chi connectivity index (χ1) is 6.09. The molecular weight excluding hydrogens is 230 g/mol. The van der Waals surface area contributed by atoms with Crippen molar-refractivity contribution in [2.24, 2.45) is 0 Å². The molecule has 1 aromatic rings. The van der Waals surface area contributed by atoms with Crippen LogP contribution in [0.1, 0.15) is 5.69 Å². The van der Waals surface area contributed by atoms with Crippen LogP contribution in [0.5, 0.6) is 0 Å². The van der Waals surface area contributed by atoms with E-state index in [1.807, 2.05) is 6.08 Å². The summed E-state index contributed by atoms with van der Waals surface area (Å²) >= 11 is 3.21. The maximum Gasteiger partial charge on any atom is 0.197 e. The number of H-pyrrole nitrogens is 1. The van der Waals surface area contributed by atoms with Crippen molar-refractivity contribution in [2.45, 2.75) is 0 Å². The average molecular weight is 240 g/mol. The van der Waals surface area contributed by atoms with Gasteiger partial charge in [0, 0.05) is 4.48 Å². The molecule has 1 aromatic heterocycles. The molecule has 0 atom stereocenters. The van der Waals surface area contributed by atoms with E-state index in [0.29, 0.717) is 5.95 Å². The van der Waals surface area contributed by atoms with E-state index in [-0.39, 0.29) is 0 Å². The van der Waals surface area contributed by atoms with Gasteiger partial charge in [0.15, 0.2) is 5.95 Å². The Bertz CT molecular complexity index is 363. The van der Waals surface area contributed by atoms with Crippen molar-refractivity contribution < 1.29 is 0 Å². The van der Waals surface area contributed by atoms with E-state index in [1.54, 1.807) is 12.3 Å². The highest BCUT2D eigenvalue weighted by Crippen LogP contribution is 2.13. The first-order valence-electron chi connectivity index (χ1n) is 3.62. The monoisotopic (exact) mass is 239 g/mol. The fourth-order valence-electron chi connectivity index (χ4n) is 0.781. The second kappa shape index (κ2) is 4.09. The maximum absolute atomic E-state index is 5.41. The van der Waals surface area contributed by atoms with Gasteiger partial charge in [-0.05, 0) is 11.6 Å². The van der Waals surface area contributed by atoms with E-state index < -0.39 is 0 Å². The van der Waals surface area contributed by atoms with Crippen LogP contribution in [0.3, 0.4) is 0 Å². The third kappa shape index (κ3) is 2.91. The molecular formula is C9H10BrN3. The first kappa shape index (κ1) is 9.80. The number of anilines is 1. The van der Waals surface area contributed by atoms with Crippen molar-refractivity contribution in [3.8, 4) is 0 Å². The van der Waals surface area contributed by atoms with Crippen LogP contribution in [0.15, 0.2) is 36.0 Å². The number of hydrogen-bond donors (Lipinski definition) is 2. The van der Waals surface area contributed by atoms with Gasteiger partial charge in [-0.3, -0.25) is 0 Å². The summed E-state index contributed by atoms with van der Waals surface area (Å²) in [6.45, 7) is 7.50. The van der Waals surface area contributed by atoms with Crippen LogP contribution < -0.4 is 5.73 Å². The molecule has 0 saturated heterocycles. The smallest absolute Gasteiger partial charge is 0.197 e. The topological polar surface area (TPSA) is 54.7 Å². The number of nitrogen functional groups attached to an aromatic ring is 1. The molecule has 68 valence electrons. The van der Waals surface area contributed by atoms with Crippen LogP contribution in [0.25, 0.3) is 5.57 Å². The molecule has 0 aliphatic heterocycles. The number of nitrogens with one attached hydrogen (secondary N) is 1. The number of rotatable bonds is 3. The van der Waals surface area contributed by atoms with Crippen molar-refractivity contribution >= 4 is 27.5 Å². The van der Waals surface area contributed by atoms with E-state index in [4.69, 9.17) is 5.73 Å². The second-order valence-electron chi connectivity index (χ2n) is 2.49. The van der Waals surface area contributed by atoms with Gasteiger partial charge in [-0.1, -0.05) is 35.2 Å². The van der Waals surface area contributed by atoms with Crippen LogP contribution in [-0.2, 0) is 0 Å². The summed E-state index contributed by atoms with van der Waals surface area (Å²) in [6.07, 6.45) is 5.27. The molecule has 1 heterocycles. The third-order valence-corrected chi connectivity index (χ3v) is 1.67. The Hall–Kier alpha value is -1.29. The Morgan fingerprint density at radius 3 is 2.69 bits per heavy atom. The number of nitrogens with two attached hydrogens (primary N) is 1. The summed E-state index contributed by atoms with van der Waals surface area (Å²) in [7, 11) is 0. The van der Waals surface area contributed by atoms with Gasteiger partial charge in [0.1, 0.15) is 0 Å². The predicted molar refractivity (Wildman–Crippen MR) is 59.2 cm³/mol. The van der Waals surface area contributed by atoms with Gasteiger partial charge in [-0.15, -0.1) is 0 Å². The molecule has 4 heteroatoms. The predicted octanol–water partition coefficient (Wildman–Crippen LogP) is 2.47. The molecule has 0 aromatic carbocycles. The molecule has 3 N–H and O–H groups in total. The lowest BCUT2D eigenvalue weighted by Crippen LogP contribution is -1.86. The van der Waals surface area contributed by atoms with E-state index in [9.17, 15) is 0 Å². The van der Waals surface area contributed by atoms with Gasteiger partial charge < -0.3 is 10.7 Å². The number of nitrogens with zero attached hydrogens (tertiary/aromatic N) is 1. The second-order valence-corrected chi connectivity index (χ2v) is 3.51. The summed E-state index contributed by atoms with van der Waals surface area (Å²) in [4.78, 5) is 6.73. The summed E-state index contributed by atoms with van der Waals surface area (Å²) < 4.78 is 0.793.